The maximum absolute atomic E-state index is 11.9. The average Bonchev–Trinajstić information content (AvgIpc) is 2.26. The highest BCUT2D eigenvalue weighted by Crippen LogP contribution is 2.28. The topological polar surface area (TPSA) is 55.1 Å². The Labute approximate surface area is 109 Å². The van der Waals surface area contributed by atoms with Gasteiger partial charge in [-0.3, -0.25) is 4.79 Å². The van der Waals surface area contributed by atoms with Crippen molar-refractivity contribution in [1.82, 2.24) is 5.32 Å². The molecule has 3 N–H and O–H groups in total. The van der Waals surface area contributed by atoms with Gasteiger partial charge >= 0.3 is 0 Å². The van der Waals surface area contributed by atoms with Crippen molar-refractivity contribution in [3.05, 3.63) is 0 Å². The number of carbonyl (C=O) groups excluding carboxylic acids is 1. The summed E-state index contributed by atoms with van der Waals surface area (Å²) in [5.41, 5.74) is 6.04. The van der Waals surface area contributed by atoms with E-state index < -0.39 is 0 Å². The van der Waals surface area contributed by atoms with E-state index in [-0.39, 0.29) is 17.5 Å². The summed E-state index contributed by atoms with van der Waals surface area (Å²) in [5.74, 6) is 1.22. The van der Waals surface area contributed by atoms with Crippen LogP contribution in [0.1, 0.15) is 51.9 Å². The summed E-state index contributed by atoms with van der Waals surface area (Å²) in [4.78, 5) is 11.9. The number of thioether (sulfide) groups is 1. The zero-order valence-electron chi connectivity index (χ0n) is 11.1. The number of hydrogen-bond donors (Lipinski definition) is 2. The molecule has 1 amide bonds. The third kappa shape index (κ3) is 5.77. The number of amides is 1. The van der Waals surface area contributed by atoms with E-state index in [1.165, 1.54) is 19.3 Å². The van der Waals surface area contributed by atoms with Crippen molar-refractivity contribution >= 4 is 17.7 Å². The molecule has 0 aromatic rings. The van der Waals surface area contributed by atoms with Gasteiger partial charge in [0.2, 0.25) is 5.91 Å². The van der Waals surface area contributed by atoms with Crippen LogP contribution in [0.25, 0.3) is 0 Å². The summed E-state index contributed by atoms with van der Waals surface area (Å²) in [6, 6.07) is 0.266. The Morgan fingerprint density at radius 1 is 1.41 bits per heavy atom. The first-order chi connectivity index (χ1) is 8.06. The Morgan fingerprint density at radius 2 is 2.06 bits per heavy atom. The third-order valence-electron chi connectivity index (χ3n) is 3.52. The smallest absolute Gasteiger partial charge is 0.222 e. The lowest BCUT2D eigenvalue weighted by Crippen LogP contribution is -2.47. The molecular formula is C13H26N2OS. The lowest BCUT2D eigenvalue weighted by molar-refractivity contribution is -0.123. The first-order valence-electron chi connectivity index (χ1n) is 6.63. The monoisotopic (exact) mass is 258 g/mol. The van der Waals surface area contributed by atoms with E-state index in [1.54, 1.807) is 0 Å². The van der Waals surface area contributed by atoms with Gasteiger partial charge in [0.25, 0.3) is 0 Å². The van der Waals surface area contributed by atoms with Crippen molar-refractivity contribution in [2.75, 3.05) is 12.0 Å². The molecule has 17 heavy (non-hydrogen) atoms. The van der Waals surface area contributed by atoms with Gasteiger partial charge < -0.3 is 11.1 Å². The largest absolute Gasteiger partial charge is 0.354 e. The summed E-state index contributed by atoms with van der Waals surface area (Å²) < 4.78 is 0. The Morgan fingerprint density at radius 3 is 2.65 bits per heavy atom. The molecule has 4 heteroatoms. The van der Waals surface area contributed by atoms with Crippen LogP contribution in [0.2, 0.25) is 0 Å². The summed E-state index contributed by atoms with van der Waals surface area (Å²) in [6.45, 7) is 2.07. The van der Waals surface area contributed by atoms with Gasteiger partial charge in [-0.2, -0.15) is 11.8 Å². The molecule has 100 valence electrons. The number of carbonyl (C=O) groups is 1. The molecule has 0 bridgehead atoms. The van der Waals surface area contributed by atoms with Crippen molar-refractivity contribution in [3.63, 3.8) is 0 Å². The van der Waals surface area contributed by atoms with Gasteiger partial charge in [-0.25, -0.2) is 0 Å². The van der Waals surface area contributed by atoms with E-state index in [9.17, 15) is 4.79 Å². The molecule has 1 unspecified atom stereocenters. The van der Waals surface area contributed by atoms with Crippen LogP contribution >= 0.6 is 11.8 Å². The lowest BCUT2D eigenvalue weighted by Gasteiger charge is -2.33. The van der Waals surface area contributed by atoms with Crippen LogP contribution in [0.4, 0.5) is 0 Å². The van der Waals surface area contributed by atoms with Gasteiger partial charge in [-0.15, -0.1) is 0 Å². The molecule has 1 aliphatic rings. The summed E-state index contributed by atoms with van der Waals surface area (Å²) in [6.07, 6.45) is 9.23. The van der Waals surface area contributed by atoms with Gasteiger partial charge in [0.05, 0.1) is 0 Å². The fourth-order valence-electron chi connectivity index (χ4n) is 2.45. The molecule has 0 aromatic carbocycles. The molecular weight excluding hydrogens is 232 g/mol. The second-order valence-electron chi connectivity index (χ2n) is 5.35. The quantitative estimate of drug-likeness (QED) is 0.768. The lowest BCUT2D eigenvalue weighted by atomic mass is 9.80. The second-order valence-corrected chi connectivity index (χ2v) is 6.34. The maximum Gasteiger partial charge on any atom is 0.222 e. The van der Waals surface area contributed by atoms with E-state index in [1.807, 2.05) is 11.8 Å². The fraction of sp³-hybridized carbons (Fsp3) is 0.923. The minimum absolute atomic E-state index is 0.128. The van der Waals surface area contributed by atoms with Gasteiger partial charge in [0.15, 0.2) is 0 Å². The molecule has 1 aliphatic carbocycles. The number of nitrogens with one attached hydrogen (secondary N) is 1. The number of nitrogens with two attached hydrogens (primary N) is 1. The molecule has 0 saturated heterocycles. The van der Waals surface area contributed by atoms with Crippen LogP contribution < -0.4 is 11.1 Å². The molecule has 1 atom stereocenters. The average molecular weight is 258 g/mol. The zero-order valence-corrected chi connectivity index (χ0v) is 11.9. The van der Waals surface area contributed by atoms with Crippen LogP contribution in [-0.2, 0) is 4.79 Å². The molecule has 0 spiro atoms. The minimum Gasteiger partial charge on any atom is -0.354 e. The zero-order chi connectivity index (χ0) is 12.7. The van der Waals surface area contributed by atoms with E-state index in [4.69, 9.17) is 5.73 Å². The highest BCUT2D eigenvalue weighted by Gasteiger charge is 2.30. The summed E-state index contributed by atoms with van der Waals surface area (Å²) in [5, 5.41) is 3.05. The predicted octanol–water partition coefficient (Wildman–Crippen LogP) is 2.30. The van der Waals surface area contributed by atoms with Gasteiger partial charge in [-0.1, -0.05) is 19.3 Å². The first kappa shape index (κ1) is 14.8. The molecule has 0 aromatic heterocycles. The Balaban J connectivity index is 2.27. The molecule has 1 fully saturated rings. The second kappa shape index (κ2) is 7.27. The highest BCUT2D eigenvalue weighted by molar-refractivity contribution is 7.98. The van der Waals surface area contributed by atoms with Crippen molar-refractivity contribution in [2.45, 2.75) is 63.5 Å². The number of rotatable bonds is 6. The van der Waals surface area contributed by atoms with Crippen LogP contribution in [0.5, 0.6) is 0 Å². The van der Waals surface area contributed by atoms with Gasteiger partial charge in [0.1, 0.15) is 0 Å². The van der Waals surface area contributed by atoms with Crippen LogP contribution in [-0.4, -0.2) is 29.5 Å². The van der Waals surface area contributed by atoms with Crippen molar-refractivity contribution in [2.24, 2.45) is 5.73 Å². The third-order valence-corrected chi connectivity index (χ3v) is 4.17. The van der Waals surface area contributed by atoms with Crippen LogP contribution in [0.15, 0.2) is 0 Å². The van der Waals surface area contributed by atoms with Crippen LogP contribution in [0.3, 0.4) is 0 Å². The molecule has 0 heterocycles. The number of hydrogen-bond acceptors (Lipinski definition) is 3. The highest BCUT2D eigenvalue weighted by atomic mass is 32.2. The van der Waals surface area contributed by atoms with Crippen molar-refractivity contribution < 1.29 is 4.79 Å². The van der Waals surface area contributed by atoms with Crippen LogP contribution in [0, 0.1) is 0 Å². The van der Waals surface area contributed by atoms with Gasteiger partial charge in [-0.05, 0) is 38.2 Å². The van der Waals surface area contributed by atoms with Crippen molar-refractivity contribution in [1.29, 1.82) is 0 Å². The molecule has 0 aliphatic heterocycles. The Bertz CT molecular complexity index is 240. The molecule has 3 nitrogen and oxygen atoms in total. The minimum atomic E-state index is -0.235. The normalized spacial score (nSPS) is 20.9. The summed E-state index contributed by atoms with van der Waals surface area (Å²) >= 11 is 1.82. The predicted molar refractivity (Wildman–Crippen MR) is 75.2 cm³/mol. The van der Waals surface area contributed by atoms with Gasteiger partial charge in [0, 0.05) is 18.0 Å². The SMILES string of the molecule is CSCCC(C)NC(=O)CC1(N)CCCCC1. The van der Waals surface area contributed by atoms with E-state index in [0.29, 0.717) is 6.42 Å². The standard InChI is InChI=1S/C13H26N2OS/c1-11(6-9-17-2)15-12(16)10-13(14)7-4-3-5-8-13/h11H,3-10,14H2,1-2H3,(H,15,16). The Hall–Kier alpha value is -0.220. The molecule has 0 radical (unpaired) electrons. The van der Waals surface area contributed by atoms with E-state index in [0.717, 1.165) is 25.0 Å². The van der Waals surface area contributed by atoms with Crippen molar-refractivity contribution in [3.8, 4) is 0 Å². The van der Waals surface area contributed by atoms with E-state index in [2.05, 4.69) is 18.5 Å². The fourth-order valence-corrected chi connectivity index (χ4v) is 3.03. The first-order valence-corrected chi connectivity index (χ1v) is 8.02. The summed E-state index contributed by atoms with van der Waals surface area (Å²) in [7, 11) is 0. The Kier molecular flexibility index (Phi) is 6.34. The molecule has 1 saturated carbocycles. The molecule has 1 rings (SSSR count). The van der Waals surface area contributed by atoms with E-state index >= 15 is 0 Å². The maximum atomic E-state index is 11.9.